The highest BCUT2D eigenvalue weighted by Crippen LogP contribution is 2.24. The molecule has 27 heavy (non-hydrogen) atoms. The number of amides is 1. The van der Waals surface area contributed by atoms with Gasteiger partial charge < -0.3 is 10.6 Å². The lowest BCUT2D eigenvalue weighted by Gasteiger charge is -2.11. The van der Waals surface area contributed by atoms with Gasteiger partial charge in [-0.25, -0.2) is 14.6 Å². The van der Waals surface area contributed by atoms with Crippen LogP contribution in [0.2, 0.25) is 0 Å². The van der Waals surface area contributed by atoms with E-state index in [-0.39, 0.29) is 11.9 Å². The van der Waals surface area contributed by atoms with Gasteiger partial charge in [-0.2, -0.15) is 5.10 Å². The van der Waals surface area contributed by atoms with Gasteiger partial charge in [-0.15, -0.1) is 0 Å². The quantitative estimate of drug-likeness (QED) is 0.454. The van der Waals surface area contributed by atoms with Crippen molar-refractivity contribution in [2.45, 2.75) is 38.5 Å². The molecule has 0 radical (unpaired) electrons. The van der Waals surface area contributed by atoms with Crippen molar-refractivity contribution in [1.29, 1.82) is 0 Å². The van der Waals surface area contributed by atoms with Crippen molar-refractivity contribution in [2.75, 3.05) is 17.6 Å². The first-order chi connectivity index (χ1) is 13.1. The first-order valence-electron chi connectivity index (χ1n) is 8.90. The molecule has 3 rings (SSSR count). The Morgan fingerprint density at radius 2 is 2.15 bits per heavy atom. The second-order valence-corrected chi connectivity index (χ2v) is 7.39. The SMILES string of the molecule is CCSc1nc(NC(C)C)c2cnn(CCNC(=O)c3ccccn3)c2n1. The predicted molar refractivity (Wildman–Crippen MR) is 107 cm³/mol. The molecule has 0 saturated carbocycles. The van der Waals surface area contributed by atoms with Crippen LogP contribution in [0.1, 0.15) is 31.3 Å². The topological polar surface area (TPSA) is 97.6 Å². The Balaban J connectivity index is 1.76. The van der Waals surface area contributed by atoms with E-state index >= 15 is 0 Å². The average Bonchev–Trinajstić information content (AvgIpc) is 3.05. The summed E-state index contributed by atoms with van der Waals surface area (Å²) in [5.41, 5.74) is 1.16. The summed E-state index contributed by atoms with van der Waals surface area (Å²) in [7, 11) is 0. The third kappa shape index (κ3) is 4.73. The zero-order valence-electron chi connectivity index (χ0n) is 15.6. The highest BCUT2D eigenvalue weighted by molar-refractivity contribution is 7.99. The summed E-state index contributed by atoms with van der Waals surface area (Å²) >= 11 is 1.59. The highest BCUT2D eigenvalue weighted by atomic mass is 32.2. The molecule has 142 valence electrons. The minimum Gasteiger partial charge on any atom is -0.367 e. The van der Waals surface area contributed by atoms with Gasteiger partial charge in [0.15, 0.2) is 10.8 Å². The van der Waals surface area contributed by atoms with Crippen molar-refractivity contribution < 1.29 is 4.79 Å². The van der Waals surface area contributed by atoms with Crippen LogP contribution in [-0.4, -0.2) is 49.0 Å². The molecular weight excluding hydrogens is 362 g/mol. The van der Waals surface area contributed by atoms with Crippen LogP contribution >= 0.6 is 11.8 Å². The number of carbonyl (C=O) groups is 1. The van der Waals surface area contributed by atoms with E-state index < -0.39 is 0 Å². The number of carbonyl (C=O) groups excluding carboxylic acids is 1. The van der Waals surface area contributed by atoms with E-state index in [9.17, 15) is 4.79 Å². The van der Waals surface area contributed by atoms with Crippen LogP contribution in [0.15, 0.2) is 35.7 Å². The van der Waals surface area contributed by atoms with Gasteiger partial charge in [0.1, 0.15) is 11.5 Å². The molecule has 9 heteroatoms. The average molecular weight is 385 g/mol. The van der Waals surface area contributed by atoms with E-state index in [2.05, 4.69) is 51.5 Å². The van der Waals surface area contributed by atoms with Gasteiger partial charge in [-0.05, 0) is 31.7 Å². The molecule has 3 aromatic heterocycles. The molecule has 0 unspecified atom stereocenters. The molecule has 0 aliphatic rings. The smallest absolute Gasteiger partial charge is 0.269 e. The van der Waals surface area contributed by atoms with Crippen molar-refractivity contribution in [3.8, 4) is 0 Å². The maximum absolute atomic E-state index is 12.1. The van der Waals surface area contributed by atoms with Crippen molar-refractivity contribution >= 4 is 34.5 Å². The lowest BCUT2D eigenvalue weighted by molar-refractivity contribution is 0.0947. The molecule has 0 saturated heterocycles. The summed E-state index contributed by atoms with van der Waals surface area (Å²) in [6, 6.07) is 5.50. The standard InChI is InChI=1S/C18H23N7OS/c1-4-27-18-23-15(22-12(2)3)13-11-21-25(16(13)24-18)10-9-20-17(26)14-7-5-6-8-19-14/h5-8,11-12H,4,9-10H2,1-3H3,(H,20,26)(H,22,23,24). The Kier molecular flexibility index (Phi) is 6.23. The molecule has 0 spiro atoms. The van der Waals surface area contributed by atoms with Gasteiger partial charge in [0.25, 0.3) is 5.91 Å². The van der Waals surface area contributed by atoms with Crippen LogP contribution in [-0.2, 0) is 6.54 Å². The van der Waals surface area contributed by atoms with Crippen molar-refractivity contribution in [2.24, 2.45) is 0 Å². The third-order valence-corrected chi connectivity index (χ3v) is 4.41. The Bertz CT molecular complexity index is 911. The van der Waals surface area contributed by atoms with Crippen molar-refractivity contribution in [3.63, 3.8) is 0 Å². The summed E-state index contributed by atoms with van der Waals surface area (Å²) in [6.45, 7) is 7.14. The fourth-order valence-corrected chi connectivity index (χ4v) is 3.10. The van der Waals surface area contributed by atoms with Gasteiger partial charge in [0.2, 0.25) is 0 Å². The molecular formula is C18H23N7OS. The first kappa shape index (κ1) is 19.1. The minimum absolute atomic E-state index is 0.203. The maximum atomic E-state index is 12.1. The number of nitrogens with one attached hydrogen (secondary N) is 2. The second-order valence-electron chi connectivity index (χ2n) is 6.16. The lowest BCUT2D eigenvalue weighted by atomic mass is 10.3. The van der Waals surface area contributed by atoms with E-state index in [0.29, 0.717) is 23.9 Å². The number of nitrogens with zero attached hydrogens (tertiary/aromatic N) is 5. The molecule has 2 N–H and O–H groups in total. The number of aromatic nitrogens is 5. The number of hydrogen-bond acceptors (Lipinski definition) is 7. The van der Waals surface area contributed by atoms with Crippen molar-refractivity contribution in [3.05, 3.63) is 36.3 Å². The minimum atomic E-state index is -0.203. The number of pyridine rings is 1. The Morgan fingerprint density at radius 3 is 2.85 bits per heavy atom. The lowest BCUT2D eigenvalue weighted by Crippen LogP contribution is -2.28. The Labute approximate surface area is 162 Å². The van der Waals surface area contributed by atoms with Crippen LogP contribution in [0.25, 0.3) is 11.0 Å². The molecule has 0 fully saturated rings. The number of rotatable bonds is 8. The molecule has 3 heterocycles. The molecule has 0 atom stereocenters. The normalized spacial score (nSPS) is 11.1. The fourth-order valence-electron chi connectivity index (χ4n) is 2.54. The van der Waals surface area contributed by atoms with Crippen LogP contribution in [0.3, 0.4) is 0 Å². The second kappa shape index (κ2) is 8.81. The largest absolute Gasteiger partial charge is 0.367 e. The zero-order chi connectivity index (χ0) is 19.2. The van der Waals surface area contributed by atoms with Crippen LogP contribution in [0, 0.1) is 0 Å². The zero-order valence-corrected chi connectivity index (χ0v) is 16.5. The van der Waals surface area contributed by atoms with E-state index in [1.807, 2.05) is 0 Å². The summed E-state index contributed by atoms with van der Waals surface area (Å²) in [6.07, 6.45) is 3.37. The number of anilines is 1. The van der Waals surface area contributed by atoms with Crippen LogP contribution in [0.5, 0.6) is 0 Å². The van der Waals surface area contributed by atoms with Crippen molar-refractivity contribution in [1.82, 2.24) is 30.0 Å². The van der Waals surface area contributed by atoms with Crippen LogP contribution in [0.4, 0.5) is 5.82 Å². The highest BCUT2D eigenvalue weighted by Gasteiger charge is 2.14. The first-order valence-corrected chi connectivity index (χ1v) is 9.89. The summed E-state index contributed by atoms with van der Waals surface area (Å²) in [5.74, 6) is 1.47. The molecule has 0 aliphatic heterocycles. The Hall–Kier alpha value is -2.68. The predicted octanol–water partition coefficient (Wildman–Crippen LogP) is 2.58. The Morgan fingerprint density at radius 1 is 1.30 bits per heavy atom. The van der Waals surface area contributed by atoms with Crippen LogP contribution < -0.4 is 10.6 Å². The maximum Gasteiger partial charge on any atom is 0.269 e. The third-order valence-electron chi connectivity index (χ3n) is 3.68. The summed E-state index contributed by atoms with van der Waals surface area (Å²) in [4.78, 5) is 25.4. The molecule has 0 bridgehead atoms. The molecule has 3 aromatic rings. The van der Waals surface area contributed by atoms with E-state index in [1.54, 1.807) is 47.0 Å². The molecule has 0 aliphatic carbocycles. The van der Waals surface area contributed by atoms with Gasteiger partial charge in [0.05, 0.1) is 18.1 Å². The van der Waals surface area contributed by atoms with Gasteiger partial charge in [-0.1, -0.05) is 24.8 Å². The molecule has 0 aromatic carbocycles. The van der Waals surface area contributed by atoms with Gasteiger partial charge in [-0.3, -0.25) is 9.78 Å². The summed E-state index contributed by atoms with van der Waals surface area (Å²) < 4.78 is 1.79. The monoisotopic (exact) mass is 385 g/mol. The molecule has 1 amide bonds. The van der Waals surface area contributed by atoms with E-state index in [1.165, 1.54) is 0 Å². The van der Waals surface area contributed by atoms with E-state index in [4.69, 9.17) is 0 Å². The van der Waals surface area contributed by atoms with Gasteiger partial charge >= 0.3 is 0 Å². The summed E-state index contributed by atoms with van der Waals surface area (Å²) in [5, 5.41) is 12.2. The fraction of sp³-hybridized carbons (Fsp3) is 0.389. The number of fused-ring (bicyclic) bond motifs is 1. The number of thioether (sulfide) groups is 1. The molecule has 8 nitrogen and oxygen atoms in total. The van der Waals surface area contributed by atoms with E-state index in [0.717, 1.165) is 22.6 Å². The number of hydrogen-bond donors (Lipinski definition) is 2. The van der Waals surface area contributed by atoms with Gasteiger partial charge in [0, 0.05) is 18.8 Å².